The van der Waals surface area contributed by atoms with Gasteiger partial charge in [0.1, 0.15) is 6.04 Å². The lowest BCUT2D eigenvalue weighted by molar-refractivity contribution is -0.135. The Hall–Kier alpha value is -0.560. The molecule has 0 radical (unpaired) electrons. The summed E-state index contributed by atoms with van der Waals surface area (Å²) in [7, 11) is 0. The van der Waals surface area contributed by atoms with Crippen molar-refractivity contribution in [1.29, 1.82) is 0 Å². The number of rotatable bonds is 4. The fourth-order valence-corrected chi connectivity index (χ4v) is 4.07. The minimum Gasteiger partial charge on any atom is -0.334 e. The fourth-order valence-electron chi connectivity index (χ4n) is 3.75. The summed E-state index contributed by atoms with van der Waals surface area (Å²) in [4.78, 5) is 15.2. The normalized spacial score (nSPS) is 28.2. The third-order valence-corrected chi connectivity index (χ3v) is 5.99. The van der Waals surface area contributed by atoms with E-state index in [9.17, 15) is 4.79 Å². The Kier molecular flexibility index (Phi) is 6.14. The highest BCUT2D eigenvalue weighted by Crippen LogP contribution is 2.32. The summed E-state index contributed by atoms with van der Waals surface area (Å²) in [6, 6.07) is 6.17. The van der Waals surface area contributed by atoms with Crippen molar-refractivity contribution in [3.8, 4) is 0 Å². The highest BCUT2D eigenvalue weighted by Gasteiger charge is 2.45. The molecule has 2 heterocycles. The van der Waals surface area contributed by atoms with Crippen molar-refractivity contribution in [3.63, 3.8) is 0 Å². The zero-order valence-corrected chi connectivity index (χ0v) is 16.1. The summed E-state index contributed by atoms with van der Waals surface area (Å²) < 4.78 is 0. The molecule has 1 saturated carbocycles. The van der Waals surface area contributed by atoms with Gasteiger partial charge < -0.3 is 10.2 Å². The van der Waals surface area contributed by atoms with Crippen molar-refractivity contribution in [2.45, 2.75) is 43.9 Å². The molecule has 1 amide bonds. The molecule has 5 nitrogen and oxygen atoms in total. The van der Waals surface area contributed by atoms with E-state index in [1.165, 1.54) is 0 Å². The van der Waals surface area contributed by atoms with E-state index < -0.39 is 0 Å². The number of halogens is 3. The first-order chi connectivity index (χ1) is 11.6. The summed E-state index contributed by atoms with van der Waals surface area (Å²) in [6.07, 6.45) is 3.22. The summed E-state index contributed by atoms with van der Waals surface area (Å²) in [6.45, 7) is 2.47. The largest absolute Gasteiger partial charge is 0.334 e. The first-order valence-electron chi connectivity index (χ1n) is 8.59. The molecule has 3 unspecified atom stereocenters. The number of amides is 1. The van der Waals surface area contributed by atoms with Crippen LogP contribution in [0.5, 0.6) is 0 Å². The van der Waals surface area contributed by atoms with E-state index >= 15 is 0 Å². The van der Waals surface area contributed by atoms with E-state index in [4.69, 9.17) is 23.2 Å². The maximum Gasteiger partial charge on any atom is 0.242 e. The number of hydrogen-bond acceptors (Lipinski definition) is 4. The van der Waals surface area contributed by atoms with Gasteiger partial charge in [0, 0.05) is 31.1 Å². The summed E-state index contributed by atoms with van der Waals surface area (Å²) in [5, 5.41) is 4.49. The van der Waals surface area contributed by atoms with Crippen LogP contribution >= 0.6 is 35.6 Å². The van der Waals surface area contributed by atoms with Gasteiger partial charge in [0.15, 0.2) is 0 Å². The van der Waals surface area contributed by atoms with E-state index in [-0.39, 0.29) is 24.4 Å². The number of nitrogens with zero attached hydrogens (tertiary/aromatic N) is 1. The van der Waals surface area contributed by atoms with Crippen LogP contribution < -0.4 is 16.2 Å². The molecule has 1 aromatic rings. The molecule has 1 aliphatic carbocycles. The highest BCUT2D eigenvalue weighted by molar-refractivity contribution is 6.42. The molecule has 3 fully saturated rings. The predicted molar refractivity (Wildman–Crippen MR) is 102 cm³/mol. The minimum absolute atomic E-state index is 0. The average Bonchev–Trinajstić information content (AvgIpc) is 3.33. The van der Waals surface area contributed by atoms with Gasteiger partial charge >= 0.3 is 0 Å². The number of piperidine rings is 1. The second-order valence-corrected chi connectivity index (χ2v) is 7.79. The molecule has 1 aromatic carbocycles. The van der Waals surface area contributed by atoms with Gasteiger partial charge in [-0.15, -0.1) is 12.4 Å². The molecule has 0 bridgehead atoms. The van der Waals surface area contributed by atoms with Crippen LogP contribution in [0.15, 0.2) is 18.2 Å². The van der Waals surface area contributed by atoms with Crippen molar-refractivity contribution in [2.24, 2.45) is 5.92 Å². The van der Waals surface area contributed by atoms with Crippen LogP contribution in [-0.4, -0.2) is 42.0 Å². The molecule has 3 aliphatic rings. The van der Waals surface area contributed by atoms with Crippen LogP contribution in [-0.2, 0) is 11.3 Å². The van der Waals surface area contributed by atoms with Gasteiger partial charge in [-0.3, -0.25) is 10.2 Å². The van der Waals surface area contributed by atoms with Crippen LogP contribution in [0, 0.1) is 5.92 Å². The van der Waals surface area contributed by atoms with Crippen LogP contribution in [0.1, 0.15) is 24.8 Å². The van der Waals surface area contributed by atoms with Gasteiger partial charge in [0.05, 0.1) is 10.0 Å². The monoisotopic (exact) mass is 404 g/mol. The van der Waals surface area contributed by atoms with E-state index in [0.717, 1.165) is 37.9 Å². The minimum atomic E-state index is -0.161. The van der Waals surface area contributed by atoms with Crippen molar-refractivity contribution in [3.05, 3.63) is 33.8 Å². The topological polar surface area (TPSA) is 56.4 Å². The first kappa shape index (κ1) is 19.2. The van der Waals surface area contributed by atoms with Gasteiger partial charge in [-0.2, -0.15) is 0 Å². The number of fused-ring (bicyclic) bond motifs is 1. The Bertz CT molecular complexity index is 640. The van der Waals surface area contributed by atoms with Crippen LogP contribution in [0.4, 0.5) is 0 Å². The summed E-state index contributed by atoms with van der Waals surface area (Å²) >= 11 is 12.1. The average molecular weight is 406 g/mol. The van der Waals surface area contributed by atoms with Gasteiger partial charge in [-0.1, -0.05) is 29.3 Å². The van der Waals surface area contributed by atoms with Crippen molar-refractivity contribution in [1.82, 2.24) is 21.1 Å². The highest BCUT2D eigenvalue weighted by atomic mass is 35.5. The van der Waals surface area contributed by atoms with E-state index in [2.05, 4.69) is 16.2 Å². The van der Waals surface area contributed by atoms with Crippen LogP contribution in [0.2, 0.25) is 10.0 Å². The van der Waals surface area contributed by atoms with Crippen LogP contribution in [0.25, 0.3) is 0 Å². The van der Waals surface area contributed by atoms with Crippen LogP contribution in [0.3, 0.4) is 0 Å². The van der Waals surface area contributed by atoms with Gasteiger partial charge in [0.2, 0.25) is 5.91 Å². The molecule has 2 aliphatic heterocycles. The maximum atomic E-state index is 13.2. The number of hydrogen-bond donors (Lipinski definition) is 3. The third-order valence-electron chi connectivity index (χ3n) is 5.26. The quantitative estimate of drug-likeness (QED) is 0.720. The zero-order chi connectivity index (χ0) is 16.7. The van der Waals surface area contributed by atoms with Crippen molar-refractivity contribution in [2.75, 3.05) is 13.1 Å². The lowest BCUT2D eigenvalue weighted by Crippen LogP contribution is -2.51. The third kappa shape index (κ3) is 4.07. The SMILES string of the molecule is Cl.O=C(C1NNC2CCNCC21)N(Cc1ccc(Cl)c(Cl)c1)C1CC1. The molecule has 0 spiro atoms. The second-order valence-electron chi connectivity index (χ2n) is 6.98. The molecule has 25 heavy (non-hydrogen) atoms. The molecular formula is C17H23Cl3N4O. The Morgan fingerprint density at radius 3 is 2.68 bits per heavy atom. The predicted octanol–water partition coefficient (Wildman–Crippen LogP) is 2.36. The molecule has 8 heteroatoms. The molecule has 2 saturated heterocycles. The summed E-state index contributed by atoms with van der Waals surface area (Å²) in [5.41, 5.74) is 7.57. The Morgan fingerprint density at radius 1 is 1.16 bits per heavy atom. The Labute approximate surface area is 164 Å². The molecule has 0 aromatic heterocycles. The summed E-state index contributed by atoms with van der Waals surface area (Å²) in [5.74, 6) is 0.494. The standard InChI is InChI=1S/C17H22Cl2N4O.ClH/c18-13-4-1-10(7-14(13)19)9-23(11-2-3-11)17(24)16-12-8-20-6-5-15(12)21-22-16;/h1,4,7,11-12,15-16,20-22H,2-3,5-6,8-9H2;1H. The van der Waals surface area contributed by atoms with E-state index in [1.807, 2.05) is 17.0 Å². The van der Waals surface area contributed by atoms with Gasteiger partial charge in [-0.05, 0) is 43.5 Å². The lowest BCUT2D eigenvalue weighted by atomic mass is 9.88. The van der Waals surface area contributed by atoms with Gasteiger partial charge in [0.25, 0.3) is 0 Å². The smallest absolute Gasteiger partial charge is 0.242 e. The number of carbonyl (C=O) groups excluding carboxylic acids is 1. The maximum absolute atomic E-state index is 13.2. The number of benzene rings is 1. The molecule has 4 rings (SSSR count). The molecule has 3 atom stereocenters. The van der Waals surface area contributed by atoms with Gasteiger partial charge in [-0.25, -0.2) is 5.43 Å². The Balaban J connectivity index is 0.00000182. The number of hydrazine groups is 1. The van der Waals surface area contributed by atoms with Crippen molar-refractivity contribution < 1.29 is 4.79 Å². The zero-order valence-electron chi connectivity index (χ0n) is 13.8. The number of carbonyl (C=O) groups is 1. The van der Waals surface area contributed by atoms with E-state index in [1.54, 1.807) is 6.07 Å². The van der Waals surface area contributed by atoms with Crippen molar-refractivity contribution >= 4 is 41.5 Å². The fraction of sp³-hybridized carbons (Fsp3) is 0.588. The number of nitrogens with one attached hydrogen (secondary N) is 3. The van der Waals surface area contributed by atoms with E-state index in [0.29, 0.717) is 34.6 Å². The second kappa shape index (κ2) is 7.99. The molecule has 138 valence electrons. The Morgan fingerprint density at radius 2 is 1.96 bits per heavy atom. The lowest BCUT2D eigenvalue weighted by Gasteiger charge is -2.31. The first-order valence-corrected chi connectivity index (χ1v) is 9.35. The molecular weight excluding hydrogens is 383 g/mol. The molecule has 3 N–H and O–H groups in total.